The fraction of sp³-hybridized carbons (Fsp3) is 0.389. The van der Waals surface area contributed by atoms with Gasteiger partial charge in [-0.15, -0.1) is 0 Å². The van der Waals surface area contributed by atoms with Gasteiger partial charge in [0.1, 0.15) is 0 Å². The van der Waals surface area contributed by atoms with Crippen LogP contribution >= 0.6 is 0 Å². The van der Waals surface area contributed by atoms with Gasteiger partial charge >= 0.3 is 0 Å². The lowest BCUT2D eigenvalue weighted by Crippen LogP contribution is -2.19. The SMILES string of the molecule is CC(C)C(CNc1cnccc1N(C)C)c1ccccc1. The Morgan fingerprint density at radius 3 is 2.43 bits per heavy atom. The maximum atomic E-state index is 4.23. The summed E-state index contributed by atoms with van der Waals surface area (Å²) < 4.78 is 0. The summed E-state index contributed by atoms with van der Waals surface area (Å²) in [7, 11) is 4.11. The van der Waals surface area contributed by atoms with Gasteiger partial charge < -0.3 is 10.2 Å². The molecule has 1 aromatic heterocycles. The van der Waals surface area contributed by atoms with Gasteiger partial charge in [0.15, 0.2) is 0 Å². The van der Waals surface area contributed by atoms with Crippen molar-refractivity contribution in [3.63, 3.8) is 0 Å². The second-order valence-corrected chi connectivity index (χ2v) is 5.93. The second-order valence-electron chi connectivity index (χ2n) is 5.93. The zero-order valence-corrected chi connectivity index (χ0v) is 13.4. The number of nitrogens with one attached hydrogen (secondary N) is 1. The van der Waals surface area contributed by atoms with Crippen LogP contribution in [0.15, 0.2) is 48.8 Å². The fourth-order valence-corrected chi connectivity index (χ4v) is 2.57. The van der Waals surface area contributed by atoms with E-state index >= 15 is 0 Å². The third-order valence-corrected chi connectivity index (χ3v) is 3.82. The smallest absolute Gasteiger partial charge is 0.0764 e. The largest absolute Gasteiger partial charge is 0.381 e. The van der Waals surface area contributed by atoms with Crippen LogP contribution < -0.4 is 10.2 Å². The number of hydrogen-bond acceptors (Lipinski definition) is 3. The normalized spacial score (nSPS) is 12.2. The van der Waals surface area contributed by atoms with Crippen molar-refractivity contribution in [1.29, 1.82) is 0 Å². The monoisotopic (exact) mass is 283 g/mol. The van der Waals surface area contributed by atoms with E-state index in [1.165, 1.54) is 11.3 Å². The summed E-state index contributed by atoms with van der Waals surface area (Å²) in [5.74, 6) is 1.07. The molecule has 0 saturated heterocycles. The summed E-state index contributed by atoms with van der Waals surface area (Å²) in [6, 6.07) is 12.7. The molecule has 0 saturated carbocycles. The van der Waals surface area contributed by atoms with Crippen LogP contribution in [-0.4, -0.2) is 25.6 Å². The van der Waals surface area contributed by atoms with Crippen molar-refractivity contribution < 1.29 is 0 Å². The molecule has 0 aliphatic rings. The van der Waals surface area contributed by atoms with Crippen LogP contribution in [0.5, 0.6) is 0 Å². The van der Waals surface area contributed by atoms with Crippen LogP contribution in [0.1, 0.15) is 25.3 Å². The first-order valence-corrected chi connectivity index (χ1v) is 7.49. The minimum atomic E-state index is 0.487. The number of pyridine rings is 1. The molecule has 1 heterocycles. The average Bonchev–Trinajstić information content (AvgIpc) is 2.48. The van der Waals surface area contributed by atoms with Crippen LogP contribution in [0.25, 0.3) is 0 Å². The van der Waals surface area contributed by atoms with E-state index in [9.17, 15) is 0 Å². The molecule has 0 fully saturated rings. The molecule has 3 heteroatoms. The van der Waals surface area contributed by atoms with E-state index in [0.717, 1.165) is 12.2 Å². The highest BCUT2D eigenvalue weighted by Crippen LogP contribution is 2.27. The van der Waals surface area contributed by atoms with Crippen molar-refractivity contribution in [3.8, 4) is 0 Å². The molecule has 0 bridgehead atoms. The molecule has 1 N–H and O–H groups in total. The summed E-state index contributed by atoms with van der Waals surface area (Å²) in [5, 5.41) is 3.57. The molecule has 0 spiro atoms. The van der Waals surface area contributed by atoms with Gasteiger partial charge in [0, 0.05) is 32.8 Å². The van der Waals surface area contributed by atoms with E-state index in [4.69, 9.17) is 0 Å². The number of hydrogen-bond donors (Lipinski definition) is 1. The zero-order valence-electron chi connectivity index (χ0n) is 13.4. The molecule has 21 heavy (non-hydrogen) atoms. The van der Waals surface area contributed by atoms with Crippen LogP contribution in [0.3, 0.4) is 0 Å². The Balaban J connectivity index is 2.13. The molecule has 0 aliphatic heterocycles. The Labute approximate surface area is 128 Å². The van der Waals surface area contributed by atoms with E-state index in [0.29, 0.717) is 11.8 Å². The molecule has 1 unspecified atom stereocenters. The molecule has 3 nitrogen and oxygen atoms in total. The van der Waals surface area contributed by atoms with Gasteiger partial charge in [0.25, 0.3) is 0 Å². The predicted molar refractivity (Wildman–Crippen MR) is 91.1 cm³/mol. The van der Waals surface area contributed by atoms with E-state index in [-0.39, 0.29) is 0 Å². The Hall–Kier alpha value is -2.03. The Morgan fingerprint density at radius 1 is 1.10 bits per heavy atom. The molecule has 1 aromatic carbocycles. The number of nitrogens with zero attached hydrogens (tertiary/aromatic N) is 2. The summed E-state index contributed by atoms with van der Waals surface area (Å²) in [6.45, 7) is 5.46. The first-order chi connectivity index (χ1) is 10.1. The summed E-state index contributed by atoms with van der Waals surface area (Å²) in [6.07, 6.45) is 3.73. The van der Waals surface area contributed by atoms with Crippen molar-refractivity contribution in [2.75, 3.05) is 30.9 Å². The van der Waals surface area contributed by atoms with Gasteiger partial charge in [-0.1, -0.05) is 44.2 Å². The van der Waals surface area contributed by atoms with Gasteiger partial charge in [0.2, 0.25) is 0 Å². The van der Waals surface area contributed by atoms with Crippen molar-refractivity contribution in [3.05, 3.63) is 54.4 Å². The van der Waals surface area contributed by atoms with E-state index in [2.05, 4.69) is 73.5 Å². The number of rotatable bonds is 6. The average molecular weight is 283 g/mol. The minimum Gasteiger partial charge on any atom is -0.381 e. The van der Waals surface area contributed by atoms with E-state index in [1.807, 2.05) is 18.5 Å². The molecule has 2 aromatic rings. The number of aromatic nitrogens is 1. The topological polar surface area (TPSA) is 28.2 Å². The molecule has 2 rings (SSSR count). The summed E-state index contributed by atoms with van der Waals surface area (Å²) in [5.41, 5.74) is 3.64. The van der Waals surface area contributed by atoms with Crippen LogP contribution in [0, 0.1) is 5.92 Å². The molecular weight excluding hydrogens is 258 g/mol. The maximum absolute atomic E-state index is 4.23. The fourth-order valence-electron chi connectivity index (χ4n) is 2.57. The minimum absolute atomic E-state index is 0.487. The third-order valence-electron chi connectivity index (χ3n) is 3.82. The quantitative estimate of drug-likeness (QED) is 0.868. The Kier molecular flexibility index (Phi) is 5.20. The van der Waals surface area contributed by atoms with Gasteiger partial charge in [-0.2, -0.15) is 0 Å². The van der Waals surface area contributed by atoms with Gasteiger partial charge in [-0.3, -0.25) is 4.98 Å². The molecule has 0 aliphatic carbocycles. The zero-order chi connectivity index (χ0) is 15.2. The third kappa shape index (κ3) is 3.97. The van der Waals surface area contributed by atoms with Crippen LogP contribution in [0.4, 0.5) is 11.4 Å². The Bertz CT molecular complexity index is 549. The van der Waals surface area contributed by atoms with Crippen LogP contribution in [-0.2, 0) is 0 Å². The molecule has 0 amide bonds. The van der Waals surface area contributed by atoms with Crippen molar-refractivity contribution >= 4 is 11.4 Å². The first kappa shape index (κ1) is 15.4. The molecule has 1 atom stereocenters. The van der Waals surface area contributed by atoms with E-state index < -0.39 is 0 Å². The molecule has 0 radical (unpaired) electrons. The number of anilines is 2. The summed E-state index contributed by atoms with van der Waals surface area (Å²) in [4.78, 5) is 6.34. The van der Waals surface area contributed by atoms with Crippen molar-refractivity contribution in [2.45, 2.75) is 19.8 Å². The predicted octanol–water partition coefficient (Wildman–Crippen LogP) is 4.00. The first-order valence-electron chi connectivity index (χ1n) is 7.49. The highest BCUT2D eigenvalue weighted by molar-refractivity contribution is 5.68. The lowest BCUT2D eigenvalue weighted by Gasteiger charge is -2.24. The van der Waals surface area contributed by atoms with Gasteiger partial charge in [-0.25, -0.2) is 0 Å². The number of benzene rings is 1. The molecular formula is C18H25N3. The lowest BCUT2D eigenvalue weighted by molar-refractivity contribution is 0.517. The maximum Gasteiger partial charge on any atom is 0.0764 e. The highest BCUT2D eigenvalue weighted by atomic mass is 15.1. The lowest BCUT2D eigenvalue weighted by atomic mass is 9.88. The van der Waals surface area contributed by atoms with Gasteiger partial charge in [-0.05, 0) is 17.5 Å². The van der Waals surface area contributed by atoms with Crippen molar-refractivity contribution in [2.24, 2.45) is 5.92 Å². The highest BCUT2D eigenvalue weighted by Gasteiger charge is 2.16. The summed E-state index contributed by atoms with van der Waals surface area (Å²) >= 11 is 0. The molecule has 112 valence electrons. The Morgan fingerprint density at radius 2 is 1.81 bits per heavy atom. The second kappa shape index (κ2) is 7.11. The van der Waals surface area contributed by atoms with Gasteiger partial charge in [0.05, 0.1) is 17.6 Å². The van der Waals surface area contributed by atoms with Crippen LogP contribution in [0.2, 0.25) is 0 Å². The standard InChI is InChI=1S/C18H25N3/c1-14(2)16(15-8-6-5-7-9-15)12-20-17-13-19-11-10-18(17)21(3)4/h5-11,13-14,16,20H,12H2,1-4H3. The van der Waals surface area contributed by atoms with Crippen molar-refractivity contribution in [1.82, 2.24) is 4.98 Å². The van der Waals surface area contributed by atoms with E-state index in [1.54, 1.807) is 0 Å².